The van der Waals surface area contributed by atoms with Gasteiger partial charge in [0.2, 0.25) is 0 Å². The molecule has 17 heavy (non-hydrogen) atoms. The highest BCUT2D eigenvalue weighted by molar-refractivity contribution is 7.80. The molecule has 3 N–H and O–H groups in total. The quantitative estimate of drug-likeness (QED) is 0.807. The van der Waals surface area contributed by atoms with Crippen LogP contribution >= 0.6 is 12.2 Å². The molecule has 5 heteroatoms. The molecule has 92 valence electrons. The van der Waals surface area contributed by atoms with Gasteiger partial charge >= 0.3 is 0 Å². The van der Waals surface area contributed by atoms with E-state index in [1.54, 1.807) is 19.9 Å². The number of aryl methyl sites for hydroxylation is 1. The molecule has 0 aliphatic rings. The number of nitrogens with two attached hydrogens (primary N) is 1. The first kappa shape index (κ1) is 13.6. The summed E-state index contributed by atoms with van der Waals surface area (Å²) in [6.45, 7) is 3.53. The Morgan fingerprint density at radius 1 is 1.53 bits per heavy atom. The van der Waals surface area contributed by atoms with Crippen LogP contribution in [0.2, 0.25) is 0 Å². The molecule has 0 aliphatic carbocycles. The Morgan fingerprint density at radius 2 is 2.18 bits per heavy atom. The number of carbonyl (C=O) groups excluding carboxylic acids is 1. The largest absolute Gasteiger partial charge is 0.393 e. The van der Waals surface area contributed by atoms with Crippen LogP contribution in [-0.4, -0.2) is 16.9 Å². The Bertz CT molecular complexity index is 428. The van der Waals surface area contributed by atoms with Crippen molar-refractivity contribution in [2.24, 2.45) is 5.73 Å². The maximum atomic E-state index is 13.1. The monoisotopic (exact) mass is 254 g/mol. The number of hydrogen-bond acceptors (Lipinski definition) is 2. The Kier molecular flexibility index (Phi) is 4.57. The second kappa shape index (κ2) is 5.72. The van der Waals surface area contributed by atoms with Crippen molar-refractivity contribution >= 4 is 23.1 Å². The zero-order valence-corrected chi connectivity index (χ0v) is 10.6. The fourth-order valence-corrected chi connectivity index (χ4v) is 1.78. The predicted octanol–water partition coefficient (Wildman–Crippen LogP) is 1.93. The van der Waals surface area contributed by atoms with Crippen molar-refractivity contribution in [1.82, 2.24) is 5.32 Å². The van der Waals surface area contributed by atoms with Gasteiger partial charge in [0.15, 0.2) is 0 Å². The highest BCUT2D eigenvalue weighted by Crippen LogP contribution is 2.08. The minimum absolute atomic E-state index is 0.163. The third kappa shape index (κ3) is 4.48. The molecule has 0 spiro atoms. The van der Waals surface area contributed by atoms with Crippen molar-refractivity contribution in [1.29, 1.82) is 0 Å². The number of benzene rings is 1. The minimum Gasteiger partial charge on any atom is -0.393 e. The lowest BCUT2D eigenvalue weighted by atomic mass is 10.1. The third-order valence-corrected chi connectivity index (χ3v) is 2.36. The van der Waals surface area contributed by atoms with Crippen molar-refractivity contribution in [3.63, 3.8) is 0 Å². The van der Waals surface area contributed by atoms with Gasteiger partial charge in [0.05, 0.1) is 4.99 Å². The second-order valence-corrected chi connectivity index (χ2v) is 4.59. The highest BCUT2D eigenvalue weighted by Gasteiger charge is 2.11. The molecule has 0 saturated carbocycles. The fourth-order valence-electron chi connectivity index (χ4n) is 1.53. The van der Waals surface area contributed by atoms with Crippen LogP contribution in [0.25, 0.3) is 0 Å². The molecule has 0 aliphatic heterocycles. The van der Waals surface area contributed by atoms with E-state index >= 15 is 0 Å². The first-order valence-corrected chi connectivity index (χ1v) is 5.65. The Morgan fingerprint density at radius 3 is 2.71 bits per heavy atom. The van der Waals surface area contributed by atoms with Gasteiger partial charge in [0, 0.05) is 18.0 Å². The molecule has 0 radical (unpaired) electrons. The summed E-state index contributed by atoms with van der Waals surface area (Å²) in [6, 6.07) is 4.04. The van der Waals surface area contributed by atoms with Crippen molar-refractivity contribution < 1.29 is 9.18 Å². The molecule has 1 atom stereocenters. The van der Waals surface area contributed by atoms with Crippen molar-refractivity contribution in [2.45, 2.75) is 26.3 Å². The van der Waals surface area contributed by atoms with E-state index in [9.17, 15) is 9.18 Å². The van der Waals surface area contributed by atoms with Gasteiger partial charge in [-0.25, -0.2) is 4.39 Å². The standard InChI is InChI=1S/C12H15FN2OS/c1-7-3-9(6-10(13)4-7)12(16)15-8(2)5-11(14)17/h3-4,6,8H,5H2,1-2H3,(H2,14,17)(H,15,16). The fraction of sp³-hybridized carbons (Fsp3) is 0.333. The van der Waals surface area contributed by atoms with E-state index < -0.39 is 5.82 Å². The van der Waals surface area contributed by atoms with Gasteiger partial charge in [-0.1, -0.05) is 12.2 Å². The SMILES string of the molecule is Cc1cc(F)cc(C(=O)NC(C)CC(N)=S)c1. The summed E-state index contributed by atoms with van der Waals surface area (Å²) in [6.07, 6.45) is 0.426. The first-order valence-electron chi connectivity index (χ1n) is 5.25. The van der Waals surface area contributed by atoms with Crippen LogP contribution in [0, 0.1) is 12.7 Å². The van der Waals surface area contributed by atoms with Crippen LogP contribution in [0.5, 0.6) is 0 Å². The molecule has 0 bridgehead atoms. The molecule has 1 aromatic rings. The molecule has 1 aromatic carbocycles. The topological polar surface area (TPSA) is 55.1 Å². The normalized spacial score (nSPS) is 11.9. The van der Waals surface area contributed by atoms with E-state index in [0.29, 0.717) is 22.5 Å². The van der Waals surface area contributed by atoms with Crippen molar-refractivity contribution in [3.8, 4) is 0 Å². The smallest absolute Gasteiger partial charge is 0.251 e. The number of halogens is 1. The lowest BCUT2D eigenvalue weighted by molar-refractivity contribution is 0.0941. The van der Waals surface area contributed by atoms with Gasteiger partial charge in [0.25, 0.3) is 5.91 Å². The summed E-state index contributed by atoms with van der Waals surface area (Å²) in [5.74, 6) is -0.742. The van der Waals surface area contributed by atoms with Gasteiger partial charge < -0.3 is 11.1 Å². The molecule has 0 aromatic heterocycles. The van der Waals surface area contributed by atoms with Crippen LogP contribution in [0.3, 0.4) is 0 Å². The summed E-state index contributed by atoms with van der Waals surface area (Å²) in [5, 5.41) is 2.71. The van der Waals surface area contributed by atoms with E-state index in [1.165, 1.54) is 12.1 Å². The molecule has 3 nitrogen and oxygen atoms in total. The van der Waals surface area contributed by atoms with Crippen LogP contribution < -0.4 is 11.1 Å². The summed E-state index contributed by atoms with van der Waals surface area (Å²) >= 11 is 4.75. The van der Waals surface area contributed by atoms with E-state index in [1.807, 2.05) is 0 Å². The number of rotatable bonds is 4. The number of amides is 1. The zero-order chi connectivity index (χ0) is 13.0. The van der Waals surface area contributed by atoms with Gasteiger partial charge in [-0.3, -0.25) is 4.79 Å². The maximum Gasteiger partial charge on any atom is 0.251 e. The lowest BCUT2D eigenvalue weighted by Crippen LogP contribution is -2.35. The summed E-state index contributed by atoms with van der Waals surface area (Å²) in [4.78, 5) is 12.1. The molecular weight excluding hydrogens is 239 g/mol. The molecule has 1 unspecified atom stereocenters. The average Bonchev–Trinajstić information content (AvgIpc) is 2.14. The van der Waals surface area contributed by atoms with Crippen molar-refractivity contribution in [2.75, 3.05) is 0 Å². The summed E-state index contributed by atoms with van der Waals surface area (Å²) < 4.78 is 13.1. The minimum atomic E-state index is -0.419. The molecule has 0 saturated heterocycles. The maximum absolute atomic E-state index is 13.1. The Labute approximate surface area is 105 Å². The second-order valence-electron chi connectivity index (χ2n) is 4.06. The van der Waals surface area contributed by atoms with Gasteiger partial charge in [0.1, 0.15) is 5.82 Å². The van der Waals surface area contributed by atoms with E-state index in [0.717, 1.165) is 0 Å². The van der Waals surface area contributed by atoms with Crippen LogP contribution in [0.15, 0.2) is 18.2 Å². The predicted molar refractivity (Wildman–Crippen MR) is 69.5 cm³/mol. The highest BCUT2D eigenvalue weighted by atomic mass is 32.1. The van der Waals surface area contributed by atoms with E-state index in [-0.39, 0.29) is 11.9 Å². The molecule has 0 heterocycles. The number of hydrogen-bond donors (Lipinski definition) is 2. The van der Waals surface area contributed by atoms with Crippen LogP contribution in [-0.2, 0) is 0 Å². The summed E-state index contributed by atoms with van der Waals surface area (Å²) in [7, 11) is 0. The van der Waals surface area contributed by atoms with E-state index in [4.69, 9.17) is 18.0 Å². The molecule has 1 rings (SSSR count). The average molecular weight is 254 g/mol. The Hall–Kier alpha value is -1.49. The first-order chi connectivity index (χ1) is 7.88. The van der Waals surface area contributed by atoms with Gasteiger partial charge in [-0.05, 0) is 37.6 Å². The number of carbonyl (C=O) groups is 1. The lowest BCUT2D eigenvalue weighted by Gasteiger charge is -2.13. The van der Waals surface area contributed by atoms with E-state index in [2.05, 4.69) is 5.32 Å². The Balaban J connectivity index is 2.72. The number of nitrogens with one attached hydrogen (secondary N) is 1. The molecular formula is C12H15FN2OS. The van der Waals surface area contributed by atoms with Crippen LogP contribution in [0.1, 0.15) is 29.3 Å². The van der Waals surface area contributed by atoms with Gasteiger partial charge in [-0.2, -0.15) is 0 Å². The summed E-state index contributed by atoms with van der Waals surface area (Å²) in [5.41, 5.74) is 6.38. The molecule has 1 amide bonds. The third-order valence-electron chi connectivity index (χ3n) is 2.19. The number of thiocarbonyl (C=S) groups is 1. The van der Waals surface area contributed by atoms with Crippen molar-refractivity contribution in [3.05, 3.63) is 35.1 Å². The zero-order valence-electron chi connectivity index (χ0n) is 9.79. The van der Waals surface area contributed by atoms with Gasteiger partial charge in [-0.15, -0.1) is 0 Å². The molecule has 0 fully saturated rings. The van der Waals surface area contributed by atoms with Crippen LogP contribution in [0.4, 0.5) is 4.39 Å².